The van der Waals surface area contributed by atoms with Gasteiger partial charge in [-0.25, -0.2) is 4.79 Å². The van der Waals surface area contributed by atoms with Crippen LogP contribution in [0.3, 0.4) is 0 Å². The molecule has 2 N–H and O–H groups in total. The number of anilines is 1. The molecule has 210 valence electrons. The minimum absolute atomic E-state index is 0.0970. The maximum atomic E-state index is 12.9. The van der Waals surface area contributed by atoms with Gasteiger partial charge in [-0.05, 0) is 76.2 Å². The molecule has 5 aromatic carbocycles. The van der Waals surface area contributed by atoms with E-state index in [1.165, 1.54) is 6.07 Å². The van der Waals surface area contributed by atoms with Gasteiger partial charge in [0, 0.05) is 29.2 Å². The molecule has 0 radical (unpaired) electrons. The van der Waals surface area contributed by atoms with Gasteiger partial charge in [-0.2, -0.15) is 5.48 Å². The number of hydrogen-bond acceptors (Lipinski definition) is 5. The molecule has 0 aliphatic heterocycles. The maximum Gasteiger partial charge on any atom is 0.332 e. The van der Waals surface area contributed by atoms with Crippen LogP contribution in [0, 0.1) is 0 Å². The van der Waals surface area contributed by atoms with Crippen LogP contribution in [0.5, 0.6) is 0 Å². The lowest BCUT2D eigenvalue weighted by molar-refractivity contribution is -0.149. The Morgan fingerprint density at radius 3 is 2.36 bits per heavy atom. The molecule has 7 heteroatoms. The predicted octanol–water partition coefficient (Wildman–Crippen LogP) is 7.80. The van der Waals surface area contributed by atoms with Crippen molar-refractivity contribution >= 4 is 46.2 Å². The van der Waals surface area contributed by atoms with Crippen molar-refractivity contribution in [3.05, 3.63) is 136 Å². The summed E-state index contributed by atoms with van der Waals surface area (Å²) in [6.45, 7) is 0.491. The van der Waals surface area contributed by atoms with E-state index in [9.17, 15) is 14.4 Å². The topological polar surface area (TPSA) is 84.5 Å². The fourth-order valence-corrected chi connectivity index (χ4v) is 4.97. The Balaban J connectivity index is 1.13. The van der Waals surface area contributed by atoms with Gasteiger partial charge in [-0.1, -0.05) is 90.5 Å². The molecule has 5 aromatic rings. The van der Waals surface area contributed by atoms with Crippen LogP contribution in [-0.4, -0.2) is 18.2 Å². The Labute approximate surface area is 249 Å². The van der Waals surface area contributed by atoms with E-state index >= 15 is 0 Å². The molecule has 0 fully saturated rings. The largest absolute Gasteiger partial charge is 0.380 e. The minimum atomic E-state index is -0.584. The van der Waals surface area contributed by atoms with E-state index in [0.29, 0.717) is 35.7 Å². The van der Waals surface area contributed by atoms with Crippen LogP contribution in [0.25, 0.3) is 21.9 Å². The average molecular weight is 577 g/mol. The van der Waals surface area contributed by atoms with Crippen molar-refractivity contribution in [2.75, 3.05) is 5.32 Å². The summed E-state index contributed by atoms with van der Waals surface area (Å²) < 4.78 is 0. The summed E-state index contributed by atoms with van der Waals surface area (Å²) in [5.74, 6) is -1.15. The number of rotatable bonds is 10. The van der Waals surface area contributed by atoms with Crippen LogP contribution in [0.2, 0.25) is 5.02 Å². The van der Waals surface area contributed by atoms with Gasteiger partial charge in [0.05, 0.1) is 5.56 Å². The van der Waals surface area contributed by atoms with Crippen LogP contribution >= 0.6 is 11.6 Å². The van der Waals surface area contributed by atoms with Gasteiger partial charge >= 0.3 is 5.97 Å². The maximum absolute atomic E-state index is 12.9. The summed E-state index contributed by atoms with van der Waals surface area (Å²) in [5, 5.41) is 5.95. The molecule has 5 rings (SSSR count). The zero-order valence-electron chi connectivity index (χ0n) is 22.8. The molecule has 0 saturated heterocycles. The zero-order valence-corrected chi connectivity index (χ0v) is 23.6. The fraction of sp³-hybridized carbons (Fsp3) is 0.114. The number of hydrogen-bond donors (Lipinski definition) is 2. The second-order valence-electron chi connectivity index (χ2n) is 9.89. The first-order chi connectivity index (χ1) is 20.5. The predicted molar refractivity (Wildman–Crippen MR) is 166 cm³/mol. The molecule has 0 heterocycles. The number of aryl methyl sites for hydroxylation is 1. The first kappa shape index (κ1) is 28.6. The number of aldehydes is 1. The Kier molecular flexibility index (Phi) is 9.27. The molecule has 42 heavy (non-hydrogen) atoms. The van der Waals surface area contributed by atoms with E-state index < -0.39 is 11.9 Å². The molecule has 0 unspecified atom stereocenters. The lowest BCUT2D eigenvalue weighted by atomic mass is 9.96. The van der Waals surface area contributed by atoms with E-state index in [-0.39, 0.29) is 12.0 Å². The number of hydroxylamine groups is 1. The number of benzene rings is 5. The lowest BCUT2D eigenvalue weighted by Gasteiger charge is -2.13. The van der Waals surface area contributed by atoms with Gasteiger partial charge in [-0.3, -0.25) is 9.59 Å². The van der Waals surface area contributed by atoms with Crippen LogP contribution in [0.1, 0.15) is 44.7 Å². The normalized spacial score (nSPS) is 10.7. The van der Waals surface area contributed by atoms with Gasteiger partial charge in [0.15, 0.2) is 6.29 Å². The van der Waals surface area contributed by atoms with Gasteiger partial charge in [0.1, 0.15) is 0 Å². The number of carbonyl (C=O) groups excluding carboxylic acids is 3. The third-order valence-electron chi connectivity index (χ3n) is 6.95. The molecule has 0 bridgehead atoms. The highest BCUT2D eigenvalue weighted by molar-refractivity contribution is 6.31. The van der Waals surface area contributed by atoms with Crippen molar-refractivity contribution in [2.45, 2.75) is 25.8 Å². The van der Waals surface area contributed by atoms with Crippen LogP contribution in [-0.2, 0) is 22.6 Å². The highest BCUT2D eigenvalue weighted by atomic mass is 35.5. The lowest BCUT2D eigenvalue weighted by Crippen LogP contribution is -2.27. The van der Waals surface area contributed by atoms with Crippen molar-refractivity contribution in [3.8, 4) is 11.1 Å². The third-order valence-corrected chi connectivity index (χ3v) is 7.19. The van der Waals surface area contributed by atoms with Crippen molar-refractivity contribution in [1.29, 1.82) is 0 Å². The molecule has 0 spiro atoms. The highest BCUT2D eigenvalue weighted by Gasteiger charge is 2.15. The summed E-state index contributed by atoms with van der Waals surface area (Å²) in [6, 6.07) is 34.6. The van der Waals surface area contributed by atoms with E-state index in [1.807, 2.05) is 66.7 Å². The summed E-state index contributed by atoms with van der Waals surface area (Å²) in [4.78, 5) is 42.0. The molecule has 0 aliphatic carbocycles. The van der Waals surface area contributed by atoms with Crippen LogP contribution in [0.15, 0.2) is 109 Å². The molecule has 6 nitrogen and oxygen atoms in total. The molecule has 0 aromatic heterocycles. The molecule has 1 amide bonds. The number of fused-ring (bicyclic) bond motifs is 1. The Hall–Kier alpha value is -4.94. The second-order valence-corrected chi connectivity index (χ2v) is 10.3. The van der Waals surface area contributed by atoms with Gasteiger partial charge in [-0.15, -0.1) is 0 Å². The van der Waals surface area contributed by atoms with Crippen molar-refractivity contribution < 1.29 is 19.2 Å². The van der Waals surface area contributed by atoms with Gasteiger partial charge in [0.2, 0.25) is 0 Å². The SMILES string of the molecule is O=Cc1cc(CCCC(=O)ONC(=O)c2cc(Cl)ccc2NCc2ccc3ccccc3c2)ccc1-c1ccccc1. The number of amides is 1. The van der Waals surface area contributed by atoms with Crippen molar-refractivity contribution in [3.63, 3.8) is 0 Å². The minimum Gasteiger partial charge on any atom is -0.380 e. The quantitative estimate of drug-likeness (QED) is 0.131. The van der Waals surface area contributed by atoms with Crippen LogP contribution in [0.4, 0.5) is 5.69 Å². The summed E-state index contributed by atoms with van der Waals surface area (Å²) in [7, 11) is 0. The second kappa shape index (κ2) is 13.6. The third kappa shape index (κ3) is 7.22. The molecular weight excluding hydrogens is 548 g/mol. The Bertz CT molecular complexity index is 1740. The molecule has 0 atom stereocenters. The first-order valence-electron chi connectivity index (χ1n) is 13.6. The van der Waals surface area contributed by atoms with Crippen LogP contribution < -0.4 is 10.8 Å². The Morgan fingerprint density at radius 1 is 0.786 bits per heavy atom. The molecule has 0 saturated carbocycles. The summed E-state index contributed by atoms with van der Waals surface area (Å²) in [5.41, 5.74) is 7.49. The monoisotopic (exact) mass is 576 g/mol. The molecule has 0 aliphatic rings. The fourth-order valence-electron chi connectivity index (χ4n) is 4.80. The average Bonchev–Trinajstić information content (AvgIpc) is 3.03. The number of carbonyl (C=O) groups is 3. The van der Waals surface area contributed by atoms with Crippen molar-refractivity contribution in [2.24, 2.45) is 0 Å². The zero-order chi connectivity index (χ0) is 29.3. The van der Waals surface area contributed by atoms with E-state index in [1.54, 1.807) is 12.1 Å². The molecular formula is C35H29ClN2O4. The smallest absolute Gasteiger partial charge is 0.332 e. The number of halogens is 1. The Morgan fingerprint density at radius 2 is 1.55 bits per heavy atom. The number of nitrogens with one attached hydrogen (secondary N) is 2. The highest BCUT2D eigenvalue weighted by Crippen LogP contribution is 2.25. The summed E-state index contributed by atoms with van der Waals surface area (Å²) in [6.07, 6.45) is 2.01. The van der Waals surface area contributed by atoms with E-state index in [2.05, 4.69) is 35.1 Å². The van der Waals surface area contributed by atoms with E-state index in [0.717, 1.165) is 39.3 Å². The van der Waals surface area contributed by atoms with Gasteiger partial charge < -0.3 is 10.2 Å². The van der Waals surface area contributed by atoms with Gasteiger partial charge in [0.25, 0.3) is 5.91 Å². The first-order valence-corrected chi connectivity index (χ1v) is 14.0. The standard InChI is InChI=1S/C35H29ClN2O4/c36-30-16-18-33(37-22-25-13-15-26-8-4-5-11-28(26)20-25)32(21-30)35(41)38-42-34(40)12-6-7-24-14-17-31(29(19-24)23-39)27-9-2-1-3-10-27/h1-5,8-11,13-21,23,37H,6-7,12,22H2,(H,38,41). The van der Waals surface area contributed by atoms with E-state index in [4.69, 9.17) is 16.4 Å². The summed E-state index contributed by atoms with van der Waals surface area (Å²) >= 11 is 6.16. The van der Waals surface area contributed by atoms with Crippen molar-refractivity contribution in [1.82, 2.24) is 5.48 Å².